The fourth-order valence-electron chi connectivity index (χ4n) is 2.56. The maximum absolute atomic E-state index is 12.8. The number of nitrogens with two attached hydrogens (primary N) is 3. The summed E-state index contributed by atoms with van der Waals surface area (Å²) in [5.41, 5.74) is 22.0. The third kappa shape index (κ3) is 3.70. The van der Waals surface area contributed by atoms with Gasteiger partial charge in [-0.1, -0.05) is 42.5 Å². The van der Waals surface area contributed by atoms with E-state index in [4.69, 9.17) is 17.2 Å². The molecule has 0 aromatic heterocycles. The van der Waals surface area contributed by atoms with Gasteiger partial charge >= 0.3 is 0 Å². The Balaban J connectivity index is 1.98. The van der Waals surface area contributed by atoms with Crippen LogP contribution >= 0.6 is 0 Å². The Morgan fingerprint density at radius 3 is 2.12 bits per heavy atom. The molecule has 0 unspecified atom stereocenters. The van der Waals surface area contributed by atoms with E-state index in [-0.39, 0.29) is 5.78 Å². The number of carbonyl (C=O) groups is 1. The van der Waals surface area contributed by atoms with E-state index in [9.17, 15) is 4.79 Å². The number of benzene rings is 3. The van der Waals surface area contributed by atoms with Gasteiger partial charge in [-0.05, 0) is 42.0 Å². The summed E-state index contributed by atoms with van der Waals surface area (Å²) in [6.07, 6.45) is 3.80. The van der Waals surface area contributed by atoms with Crippen LogP contribution in [0.25, 0.3) is 12.2 Å². The zero-order valence-electron chi connectivity index (χ0n) is 13.6. The monoisotopic (exact) mass is 329 g/mol. The summed E-state index contributed by atoms with van der Waals surface area (Å²) >= 11 is 0. The molecule has 0 aliphatic carbocycles. The maximum Gasteiger partial charge on any atom is 0.195 e. The molecule has 4 nitrogen and oxygen atoms in total. The number of carbonyl (C=O) groups excluding carboxylic acids is 1. The predicted molar refractivity (Wildman–Crippen MR) is 105 cm³/mol. The van der Waals surface area contributed by atoms with E-state index in [1.807, 2.05) is 42.5 Å². The Kier molecular flexibility index (Phi) is 4.53. The van der Waals surface area contributed by atoms with E-state index >= 15 is 0 Å². The number of hydrogen-bond acceptors (Lipinski definition) is 4. The van der Waals surface area contributed by atoms with Crippen molar-refractivity contribution in [2.24, 2.45) is 0 Å². The second-order valence-electron chi connectivity index (χ2n) is 5.77. The number of anilines is 3. The average molecular weight is 329 g/mol. The summed E-state index contributed by atoms with van der Waals surface area (Å²) in [6, 6.07) is 19.9. The summed E-state index contributed by atoms with van der Waals surface area (Å²) in [6.45, 7) is 0. The molecule has 4 heteroatoms. The predicted octanol–water partition coefficient (Wildman–Crippen LogP) is 3.83. The molecule has 0 fully saturated rings. The van der Waals surface area contributed by atoms with Gasteiger partial charge in [0.25, 0.3) is 0 Å². The Labute approximate surface area is 146 Å². The molecular formula is C21H19N3O. The van der Waals surface area contributed by atoms with Crippen LogP contribution in [0.15, 0.2) is 66.7 Å². The van der Waals surface area contributed by atoms with Crippen LogP contribution in [0, 0.1) is 0 Å². The van der Waals surface area contributed by atoms with Crippen LogP contribution in [0.1, 0.15) is 27.0 Å². The van der Waals surface area contributed by atoms with Crippen LogP contribution in [0.2, 0.25) is 0 Å². The molecular weight excluding hydrogens is 310 g/mol. The Bertz CT molecular complexity index is 929. The van der Waals surface area contributed by atoms with Crippen molar-refractivity contribution < 1.29 is 4.79 Å². The van der Waals surface area contributed by atoms with Crippen molar-refractivity contribution in [1.82, 2.24) is 0 Å². The number of hydrogen-bond donors (Lipinski definition) is 3. The average Bonchev–Trinajstić information content (AvgIpc) is 2.63. The third-order valence-electron chi connectivity index (χ3n) is 3.91. The lowest BCUT2D eigenvalue weighted by Crippen LogP contribution is -2.08. The van der Waals surface area contributed by atoms with Crippen LogP contribution in [0.3, 0.4) is 0 Å². The zero-order chi connectivity index (χ0) is 17.8. The minimum absolute atomic E-state index is 0.181. The molecule has 124 valence electrons. The molecule has 0 amide bonds. The smallest absolute Gasteiger partial charge is 0.195 e. The summed E-state index contributed by atoms with van der Waals surface area (Å²) in [5.74, 6) is -0.181. The van der Waals surface area contributed by atoms with Gasteiger partial charge in [0.2, 0.25) is 0 Å². The van der Waals surface area contributed by atoms with Gasteiger partial charge in [-0.25, -0.2) is 0 Å². The molecule has 0 spiro atoms. The van der Waals surface area contributed by atoms with E-state index in [1.54, 1.807) is 36.4 Å². The summed E-state index contributed by atoms with van der Waals surface area (Å²) in [4.78, 5) is 12.8. The highest BCUT2D eigenvalue weighted by Gasteiger charge is 2.15. The molecule has 3 aromatic carbocycles. The van der Waals surface area contributed by atoms with Crippen molar-refractivity contribution in [2.45, 2.75) is 0 Å². The molecule has 0 bridgehead atoms. The van der Waals surface area contributed by atoms with Gasteiger partial charge in [0.05, 0.1) is 5.69 Å². The normalized spacial score (nSPS) is 10.9. The van der Waals surface area contributed by atoms with Gasteiger partial charge in [0, 0.05) is 28.1 Å². The third-order valence-corrected chi connectivity index (χ3v) is 3.91. The summed E-state index contributed by atoms with van der Waals surface area (Å²) in [5, 5.41) is 0. The first-order valence-corrected chi connectivity index (χ1v) is 7.87. The molecule has 0 aliphatic rings. The van der Waals surface area contributed by atoms with E-state index in [0.717, 1.165) is 5.56 Å². The first-order chi connectivity index (χ1) is 12.0. The Morgan fingerprint density at radius 2 is 1.44 bits per heavy atom. The Hall–Kier alpha value is -3.53. The SMILES string of the molecule is Nc1ccc(C(=O)c2cc(N)cc(C=Cc3ccccc3)c2N)cc1. The van der Waals surface area contributed by atoms with Crippen LogP contribution in [-0.2, 0) is 0 Å². The Morgan fingerprint density at radius 1 is 0.760 bits per heavy atom. The van der Waals surface area contributed by atoms with Gasteiger partial charge in [0.15, 0.2) is 5.78 Å². The van der Waals surface area contributed by atoms with E-state index < -0.39 is 0 Å². The van der Waals surface area contributed by atoms with Crippen LogP contribution in [-0.4, -0.2) is 5.78 Å². The fourth-order valence-corrected chi connectivity index (χ4v) is 2.56. The lowest BCUT2D eigenvalue weighted by atomic mass is 9.97. The first-order valence-electron chi connectivity index (χ1n) is 7.87. The van der Waals surface area contributed by atoms with Crippen LogP contribution in [0.5, 0.6) is 0 Å². The summed E-state index contributed by atoms with van der Waals surface area (Å²) < 4.78 is 0. The second kappa shape index (κ2) is 6.93. The lowest BCUT2D eigenvalue weighted by Gasteiger charge is -2.10. The fraction of sp³-hybridized carbons (Fsp3) is 0. The standard InChI is InChI=1S/C21H19N3O/c22-17-10-8-15(9-11-17)21(25)19-13-18(23)12-16(20(19)24)7-6-14-4-2-1-3-5-14/h1-13H,22-24H2. The number of rotatable bonds is 4. The van der Waals surface area contributed by atoms with Crippen molar-refractivity contribution >= 4 is 35.0 Å². The molecule has 3 aromatic rings. The largest absolute Gasteiger partial charge is 0.399 e. The van der Waals surface area contributed by atoms with Crippen molar-refractivity contribution in [3.63, 3.8) is 0 Å². The molecule has 0 saturated carbocycles. The molecule has 0 aliphatic heterocycles. The molecule has 6 N–H and O–H groups in total. The van der Waals surface area contributed by atoms with E-state index in [1.165, 1.54) is 0 Å². The maximum atomic E-state index is 12.8. The van der Waals surface area contributed by atoms with Crippen molar-refractivity contribution in [3.05, 3.63) is 89.0 Å². The highest BCUT2D eigenvalue weighted by molar-refractivity contribution is 6.13. The van der Waals surface area contributed by atoms with E-state index in [2.05, 4.69) is 0 Å². The molecule has 0 radical (unpaired) electrons. The quantitative estimate of drug-likeness (QED) is 0.385. The minimum Gasteiger partial charge on any atom is -0.399 e. The van der Waals surface area contributed by atoms with Crippen molar-refractivity contribution in [3.8, 4) is 0 Å². The molecule has 0 saturated heterocycles. The number of ketones is 1. The molecule has 25 heavy (non-hydrogen) atoms. The van der Waals surface area contributed by atoms with Gasteiger partial charge in [0.1, 0.15) is 0 Å². The minimum atomic E-state index is -0.181. The van der Waals surface area contributed by atoms with E-state index in [0.29, 0.717) is 33.8 Å². The molecule has 3 rings (SSSR count). The summed E-state index contributed by atoms with van der Waals surface area (Å²) in [7, 11) is 0. The molecule has 0 heterocycles. The highest BCUT2D eigenvalue weighted by atomic mass is 16.1. The first kappa shape index (κ1) is 16.3. The van der Waals surface area contributed by atoms with Crippen LogP contribution in [0.4, 0.5) is 17.1 Å². The lowest BCUT2D eigenvalue weighted by molar-refractivity contribution is 0.103. The highest BCUT2D eigenvalue weighted by Crippen LogP contribution is 2.26. The van der Waals surface area contributed by atoms with Gasteiger partial charge < -0.3 is 17.2 Å². The van der Waals surface area contributed by atoms with Crippen molar-refractivity contribution in [2.75, 3.05) is 17.2 Å². The van der Waals surface area contributed by atoms with Crippen LogP contribution < -0.4 is 17.2 Å². The second-order valence-corrected chi connectivity index (χ2v) is 5.77. The van der Waals surface area contributed by atoms with Gasteiger partial charge in [-0.15, -0.1) is 0 Å². The van der Waals surface area contributed by atoms with Crippen molar-refractivity contribution in [1.29, 1.82) is 0 Å². The zero-order valence-corrected chi connectivity index (χ0v) is 13.6. The van der Waals surface area contributed by atoms with Gasteiger partial charge in [-0.2, -0.15) is 0 Å². The number of nitrogen functional groups attached to an aromatic ring is 3. The molecule has 0 atom stereocenters. The van der Waals surface area contributed by atoms with Gasteiger partial charge in [-0.3, -0.25) is 4.79 Å². The topological polar surface area (TPSA) is 95.1 Å².